The van der Waals surface area contributed by atoms with Gasteiger partial charge in [-0.2, -0.15) is 0 Å². The highest BCUT2D eigenvalue weighted by Crippen LogP contribution is 2.42. The monoisotopic (exact) mass is 356 g/mol. The van der Waals surface area contributed by atoms with E-state index in [-0.39, 0.29) is 23.8 Å². The number of piperidine rings is 1. The van der Waals surface area contributed by atoms with E-state index in [1.165, 1.54) is 6.26 Å². The summed E-state index contributed by atoms with van der Waals surface area (Å²) in [5.74, 6) is 1.81. The molecule has 2 aliphatic rings. The molecule has 2 aromatic rings. The molecule has 0 radical (unpaired) electrons. The molecule has 1 aliphatic heterocycles. The van der Waals surface area contributed by atoms with Crippen LogP contribution < -0.4 is 5.32 Å². The molecule has 138 valence electrons. The third kappa shape index (κ3) is 3.13. The van der Waals surface area contributed by atoms with Gasteiger partial charge in [-0.15, -0.1) is 0 Å². The van der Waals surface area contributed by atoms with Crippen molar-refractivity contribution in [1.82, 2.24) is 19.8 Å². The van der Waals surface area contributed by atoms with Crippen molar-refractivity contribution < 1.29 is 14.0 Å². The van der Waals surface area contributed by atoms with E-state index in [0.717, 1.165) is 25.1 Å². The van der Waals surface area contributed by atoms with Crippen LogP contribution in [0.5, 0.6) is 0 Å². The number of furan rings is 1. The minimum absolute atomic E-state index is 0.0878. The Kier molecular flexibility index (Phi) is 4.30. The van der Waals surface area contributed by atoms with E-state index >= 15 is 0 Å². The van der Waals surface area contributed by atoms with Gasteiger partial charge in [-0.05, 0) is 32.3 Å². The summed E-state index contributed by atoms with van der Waals surface area (Å²) in [6.07, 6.45) is 8.54. The number of likely N-dealkylation sites (tertiary alicyclic amines) is 1. The first-order valence-electron chi connectivity index (χ1n) is 9.16. The summed E-state index contributed by atoms with van der Waals surface area (Å²) in [5.41, 5.74) is 0.530. The van der Waals surface area contributed by atoms with Crippen LogP contribution in [0.3, 0.4) is 0 Å². The molecule has 2 aromatic heterocycles. The van der Waals surface area contributed by atoms with Crippen LogP contribution in [-0.2, 0) is 11.8 Å². The Balaban J connectivity index is 1.54. The Morgan fingerprint density at radius 1 is 1.38 bits per heavy atom. The van der Waals surface area contributed by atoms with Crippen molar-refractivity contribution in [3.63, 3.8) is 0 Å². The fourth-order valence-corrected chi connectivity index (χ4v) is 3.86. The molecule has 0 unspecified atom stereocenters. The van der Waals surface area contributed by atoms with E-state index < -0.39 is 0 Å². The van der Waals surface area contributed by atoms with Gasteiger partial charge >= 0.3 is 0 Å². The number of imidazole rings is 1. The van der Waals surface area contributed by atoms with Crippen LogP contribution in [0.25, 0.3) is 0 Å². The van der Waals surface area contributed by atoms with E-state index in [1.54, 1.807) is 12.3 Å². The number of aryl methyl sites for hydroxylation is 2. The molecule has 1 aliphatic carbocycles. The number of carbonyl (C=O) groups excluding carboxylic acids is 2. The first-order valence-corrected chi connectivity index (χ1v) is 9.16. The maximum Gasteiger partial charge on any atom is 0.254 e. The molecular formula is C19H24N4O3. The quantitative estimate of drug-likeness (QED) is 0.890. The second-order valence-corrected chi connectivity index (χ2v) is 7.33. The molecule has 7 nitrogen and oxygen atoms in total. The van der Waals surface area contributed by atoms with Crippen molar-refractivity contribution >= 4 is 11.8 Å². The molecule has 2 amide bonds. The number of hydrogen-bond donors (Lipinski definition) is 1. The molecule has 1 saturated heterocycles. The fourth-order valence-electron chi connectivity index (χ4n) is 3.86. The van der Waals surface area contributed by atoms with Gasteiger partial charge in [-0.3, -0.25) is 9.59 Å². The molecule has 2 atom stereocenters. The molecule has 2 fully saturated rings. The van der Waals surface area contributed by atoms with Gasteiger partial charge in [-0.1, -0.05) is 0 Å². The van der Waals surface area contributed by atoms with Gasteiger partial charge in [0.15, 0.2) is 0 Å². The largest absolute Gasteiger partial charge is 0.469 e. The normalized spacial score (nSPS) is 23.3. The second-order valence-electron chi connectivity index (χ2n) is 7.33. The lowest BCUT2D eigenvalue weighted by Gasteiger charge is -2.41. The van der Waals surface area contributed by atoms with Gasteiger partial charge in [0, 0.05) is 44.4 Å². The highest BCUT2D eigenvalue weighted by molar-refractivity contribution is 5.94. The smallest absolute Gasteiger partial charge is 0.254 e. The third-order valence-electron chi connectivity index (χ3n) is 5.34. The Morgan fingerprint density at radius 2 is 2.19 bits per heavy atom. The number of rotatable bonds is 5. The molecule has 7 heteroatoms. The molecule has 0 aromatic carbocycles. The summed E-state index contributed by atoms with van der Waals surface area (Å²) in [4.78, 5) is 31.5. The Morgan fingerprint density at radius 3 is 2.81 bits per heavy atom. The van der Waals surface area contributed by atoms with Crippen molar-refractivity contribution in [3.8, 4) is 0 Å². The van der Waals surface area contributed by atoms with Crippen molar-refractivity contribution in [2.24, 2.45) is 13.0 Å². The zero-order valence-electron chi connectivity index (χ0n) is 15.1. The predicted octanol–water partition coefficient (Wildman–Crippen LogP) is 2.19. The minimum Gasteiger partial charge on any atom is -0.469 e. The minimum atomic E-state index is -0.143. The lowest BCUT2D eigenvalue weighted by Crippen LogP contribution is -2.48. The van der Waals surface area contributed by atoms with Gasteiger partial charge < -0.3 is 19.2 Å². The zero-order chi connectivity index (χ0) is 18.3. The van der Waals surface area contributed by atoms with Crippen molar-refractivity contribution in [3.05, 3.63) is 41.9 Å². The molecule has 4 rings (SSSR count). The van der Waals surface area contributed by atoms with Crippen LogP contribution in [0.4, 0.5) is 0 Å². The Hall–Kier alpha value is -2.57. The van der Waals surface area contributed by atoms with Crippen LogP contribution >= 0.6 is 0 Å². The summed E-state index contributed by atoms with van der Waals surface area (Å²) in [7, 11) is 1.95. The van der Waals surface area contributed by atoms with Crippen molar-refractivity contribution in [2.75, 3.05) is 6.54 Å². The SMILES string of the molecule is Cc1cc(C(=O)NC[C@H]2CCC(=O)N(C3CC3)[C@@H]2c2nccn2C)co1. The average molecular weight is 356 g/mol. The summed E-state index contributed by atoms with van der Waals surface area (Å²) in [6, 6.07) is 1.96. The number of aromatic nitrogens is 2. The van der Waals surface area contributed by atoms with E-state index in [9.17, 15) is 9.59 Å². The van der Waals surface area contributed by atoms with Gasteiger partial charge in [0.2, 0.25) is 5.91 Å². The maximum absolute atomic E-state index is 12.6. The van der Waals surface area contributed by atoms with Crippen molar-refractivity contribution in [1.29, 1.82) is 0 Å². The molecule has 1 N–H and O–H groups in total. The third-order valence-corrected chi connectivity index (χ3v) is 5.34. The standard InChI is InChI=1S/C19H24N4O3/c1-12-9-14(11-26-12)19(25)21-10-13-3-6-16(24)23(15-4-5-15)17(13)18-20-7-8-22(18)2/h7-9,11,13,15,17H,3-6,10H2,1-2H3,(H,21,25)/t13-,17+/m1/s1. The molecule has 3 heterocycles. The second kappa shape index (κ2) is 6.63. The number of nitrogens with one attached hydrogen (secondary N) is 1. The summed E-state index contributed by atoms with van der Waals surface area (Å²) in [5, 5.41) is 3.01. The van der Waals surface area contributed by atoms with Crippen molar-refractivity contribution in [2.45, 2.75) is 44.7 Å². The van der Waals surface area contributed by atoms with E-state index in [4.69, 9.17) is 4.42 Å². The van der Waals surface area contributed by atoms with Crippen LogP contribution in [0.1, 0.15) is 53.7 Å². The summed E-state index contributed by atoms with van der Waals surface area (Å²) < 4.78 is 7.20. The van der Waals surface area contributed by atoms with Gasteiger partial charge in [0.25, 0.3) is 5.91 Å². The Labute approximate surface area is 152 Å². The topological polar surface area (TPSA) is 80.4 Å². The number of carbonyl (C=O) groups is 2. The van der Waals surface area contributed by atoms with Crippen LogP contribution in [0.15, 0.2) is 29.1 Å². The van der Waals surface area contributed by atoms with Crippen LogP contribution in [-0.4, -0.2) is 38.9 Å². The highest BCUT2D eigenvalue weighted by Gasteiger charge is 2.45. The first-order chi connectivity index (χ1) is 12.5. The molecule has 0 spiro atoms. The number of nitrogens with zero attached hydrogens (tertiary/aromatic N) is 3. The van der Waals surface area contributed by atoms with Gasteiger partial charge in [-0.25, -0.2) is 4.98 Å². The summed E-state index contributed by atoms with van der Waals surface area (Å²) >= 11 is 0. The molecule has 0 bridgehead atoms. The molecule has 1 saturated carbocycles. The first kappa shape index (κ1) is 16.9. The van der Waals surface area contributed by atoms with E-state index in [2.05, 4.69) is 10.3 Å². The lowest BCUT2D eigenvalue weighted by molar-refractivity contribution is -0.140. The number of amides is 2. The lowest BCUT2D eigenvalue weighted by atomic mass is 9.87. The maximum atomic E-state index is 12.6. The van der Waals surface area contributed by atoms with Gasteiger partial charge in [0.1, 0.15) is 17.8 Å². The molecular weight excluding hydrogens is 332 g/mol. The number of hydrogen-bond acceptors (Lipinski definition) is 4. The molecule has 26 heavy (non-hydrogen) atoms. The predicted molar refractivity (Wildman–Crippen MR) is 94.3 cm³/mol. The highest BCUT2D eigenvalue weighted by atomic mass is 16.3. The van der Waals surface area contributed by atoms with Crippen LogP contribution in [0.2, 0.25) is 0 Å². The van der Waals surface area contributed by atoms with E-state index in [0.29, 0.717) is 30.3 Å². The van der Waals surface area contributed by atoms with Gasteiger partial charge in [0.05, 0.1) is 11.6 Å². The zero-order valence-corrected chi connectivity index (χ0v) is 15.1. The van der Waals surface area contributed by atoms with Crippen LogP contribution in [0, 0.1) is 12.8 Å². The summed E-state index contributed by atoms with van der Waals surface area (Å²) in [6.45, 7) is 2.32. The average Bonchev–Trinajstić information content (AvgIpc) is 3.22. The Bertz CT molecular complexity index is 820. The van der Waals surface area contributed by atoms with E-state index in [1.807, 2.05) is 29.6 Å². The fraction of sp³-hybridized carbons (Fsp3) is 0.526.